The lowest BCUT2D eigenvalue weighted by molar-refractivity contribution is -0.150. The van der Waals surface area contributed by atoms with Crippen molar-refractivity contribution in [3.05, 3.63) is 32.8 Å². The number of nitrogens with zero attached hydrogens (tertiary/aromatic N) is 5. The second-order valence-electron chi connectivity index (χ2n) is 7.63. The highest BCUT2D eigenvalue weighted by Gasteiger charge is 2.55. The van der Waals surface area contributed by atoms with Gasteiger partial charge in [-0.15, -0.1) is 23.1 Å². The van der Waals surface area contributed by atoms with E-state index in [0.717, 1.165) is 39.5 Å². The lowest BCUT2D eigenvalue weighted by atomic mass is 10.00. The van der Waals surface area contributed by atoms with Crippen molar-refractivity contribution >= 4 is 97.9 Å². The van der Waals surface area contributed by atoms with Crippen LogP contribution in [-0.4, -0.2) is 83.6 Å². The van der Waals surface area contributed by atoms with Crippen LogP contribution in [0.1, 0.15) is 16.1 Å². The van der Waals surface area contributed by atoms with Crippen LogP contribution in [0, 0.1) is 16.7 Å². The van der Waals surface area contributed by atoms with Crippen molar-refractivity contribution in [2.45, 2.75) is 16.4 Å². The van der Waals surface area contributed by atoms with Crippen molar-refractivity contribution in [1.82, 2.24) is 19.6 Å². The minimum Gasteiger partial charge on any atom is -0.477 e. The van der Waals surface area contributed by atoms with Crippen LogP contribution in [0.25, 0.3) is 0 Å². The summed E-state index contributed by atoms with van der Waals surface area (Å²) in [5.41, 5.74) is 11.0. The van der Waals surface area contributed by atoms with E-state index in [0.29, 0.717) is 5.03 Å². The molecule has 0 saturated carbocycles. The first-order valence-electron chi connectivity index (χ1n) is 10.5. The number of fused-ring (bicyclic) bond motifs is 1. The highest BCUT2D eigenvalue weighted by molar-refractivity contribution is 8.00. The lowest BCUT2D eigenvalue weighted by Crippen LogP contribution is -2.71. The van der Waals surface area contributed by atoms with Gasteiger partial charge in [0, 0.05) is 16.7 Å². The van der Waals surface area contributed by atoms with Crippen molar-refractivity contribution in [3.8, 4) is 6.07 Å². The quantitative estimate of drug-likeness (QED) is 0.0464. The Balaban J connectivity index is 1.58. The number of thiazole rings is 1. The molecule has 2 aromatic rings. The number of nitriles is 1. The monoisotopic (exact) mass is 623 g/mol. The van der Waals surface area contributed by atoms with Gasteiger partial charge >= 0.3 is 5.97 Å². The maximum Gasteiger partial charge on any atom is 0.353 e. The Morgan fingerprint density at radius 1 is 1.51 bits per heavy atom. The molecule has 14 nitrogen and oxygen atoms in total. The van der Waals surface area contributed by atoms with E-state index in [2.05, 4.69) is 19.8 Å². The molecule has 0 aliphatic carbocycles. The molecule has 0 unspecified atom stereocenters. The topological polar surface area (TPSA) is 234 Å². The van der Waals surface area contributed by atoms with Crippen LogP contribution in [-0.2, 0) is 19.2 Å². The van der Waals surface area contributed by atoms with Crippen LogP contribution in [0.3, 0.4) is 0 Å². The number of β-lactam (4-membered cyclic amide) rings is 1. The minimum absolute atomic E-state index is 0.0815. The average Bonchev–Trinajstić information content (AvgIpc) is 3.53. The van der Waals surface area contributed by atoms with E-state index < -0.39 is 29.2 Å². The zero-order valence-corrected chi connectivity index (χ0v) is 23.7. The van der Waals surface area contributed by atoms with E-state index in [1.807, 2.05) is 6.07 Å². The fourth-order valence-corrected chi connectivity index (χ4v) is 7.66. The van der Waals surface area contributed by atoms with E-state index in [1.54, 1.807) is 0 Å². The molecule has 2 amide bonds. The second-order valence-corrected chi connectivity index (χ2v) is 11.8. The molecule has 4 rings (SSSR count). The van der Waals surface area contributed by atoms with Gasteiger partial charge in [-0.25, -0.2) is 9.78 Å². The number of thiocarbonyl (C=S) groups is 1. The summed E-state index contributed by atoms with van der Waals surface area (Å²) in [7, 11) is 1.25. The fraction of sp³-hybridized carbons (Fsp3) is 0.250. The standard InChI is InChI=1S/C20H17N9O5S5/c1-34-27-10(8-4-38-20(24)25-8)15(30)26-11-17(31)29-12(19(32)33)7(3-37-18(11)29)13(35)14-6(2-21)16(28-39-14)36-5-9(22)23/h4,11,18H,3,5H2,1H3,(H3,22,23)(H2,24,25)(H,26,30)(H,32,33)/t11-,18+/m1/s1. The molecule has 2 atom stereocenters. The van der Waals surface area contributed by atoms with Gasteiger partial charge in [0.2, 0.25) is 0 Å². The number of rotatable bonds is 10. The van der Waals surface area contributed by atoms with E-state index in [4.69, 9.17) is 33.9 Å². The lowest BCUT2D eigenvalue weighted by Gasteiger charge is -2.49. The molecule has 4 heterocycles. The molecule has 0 aromatic carbocycles. The zero-order valence-electron chi connectivity index (χ0n) is 19.7. The molecule has 39 heavy (non-hydrogen) atoms. The number of hydrogen-bond acceptors (Lipinski definition) is 15. The Kier molecular flexibility index (Phi) is 8.51. The van der Waals surface area contributed by atoms with E-state index in [9.17, 15) is 24.8 Å². The van der Waals surface area contributed by atoms with Gasteiger partial charge in [0.15, 0.2) is 10.8 Å². The van der Waals surface area contributed by atoms with Crippen molar-refractivity contribution in [2.75, 3.05) is 24.3 Å². The van der Waals surface area contributed by atoms with E-state index in [1.165, 1.54) is 24.3 Å². The zero-order chi connectivity index (χ0) is 28.4. The molecule has 0 spiro atoms. The van der Waals surface area contributed by atoms with Gasteiger partial charge in [0.25, 0.3) is 11.8 Å². The summed E-state index contributed by atoms with van der Waals surface area (Å²) in [6.07, 6.45) is 0. The number of carboxylic acid groups (broad SMARTS) is 1. The summed E-state index contributed by atoms with van der Waals surface area (Å²) < 4.78 is 4.21. The minimum atomic E-state index is -1.38. The summed E-state index contributed by atoms with van der Waals surface area (Å²) in [5, 5.41) is 34.7. The third-order valence-electron chi connectivity index (χ3n) is 5.24. The van der Waals surface area contributed by atoms with E-state index in [-0.39, 0.29) is 60.5 Å². The number of amidine groups is 1. The molecule has 0 radical (unpaired) electrons. The maximum atomic E-state index is 13.1. The molecule has 2 aromatic heterocycles. The van der Waals surface area contributed by atoms with Crippen LogP contribution in [0.15, 0.2) is 26.8 Å². The van der Waals surface area contributed by atoms with Gasteiger partial charge < -0.3 is 26.7 Å². The SMILES string of the molecule is CON=C(C(=O)N[C@@H]1C(=O)N2C(C(=O)O)=C(C(=S)c3snc(SCC(=N)N)c3C#N)CS[C@@H]12)c1csc(N)n1. The van der Waals surface area contributed by atoms with Crippen molar-refractivity contribution < 1.29 is 24.3 Å². The van der Waals surface area contributed by atoms with Crippen LogP contribution in [0.4, 0.5) is 5.13 Å². The van der Waals surface area contributed by atoms with Gasteiger partial charge in [0.1, 0.15) is 52.4 Å². The number of carbonyl (C=O) groups excluding carboxylic acids is 2. The van der Waals surface area contributed by atoms with Crippen LogP contribution in [0.2, 0.25) is 0 Å². The van der Waals surface area contributed by atoms with Gasteiger partial charge in [-0.3, -0.25) is 19.9 Å². The highest BCUT2D eigenvalue weighted by atomic mass is 32.2. The first-order chi connectivity index (χ1) is 18.6. The maximum absolute atomic E-state index is 13.1. The fourth-order valence-electron chi connectivity index (χ4n) is 3.61. The number of nitrogen functional groups attached to an aromatic ring is 1. The Morgan fingerprint density at radius 2 is 2.26 bits per heavy atom. The third kappa shape index (κ3) is 5.46. The Labute approximate surface area is 242 Å². The van der Waals surface area contributed by atoms with Crippen molar-refractivity contribution in [2.24, 2.45) is 10.9 Å². The number of carboxylic acids is 1. The molecule has 0 bridgehead atoms. The largest absolute Gasteiger partial charge is 0.477 e. The van der Waals surface area contributed by atoms with Crippen LogP contribution < -0.4 is 16.8 Å². The highest BCUT2D eigenvalue weighted by Crippen LogP contribution is 2.42. The number of hydrogen-bond donors (Lipinski definition) is 5. The molecular weight excluding hydrogens is 607 g/mol. The molecule has 7 N–H and O–H groups in total. The van der Waals surface area contributed by atoms with Gasteiger partial charge in [-0.1, -0.05) is 29.1 Å². The van der Waals surface area contributed by atoms with Gasteiger partial charge in [-0.2, -0.15) is 9.64 Å². The summed E-state index contributed by atoms with van der Waals surface area (Å²) in [6, 6.07) is 0.985. The predicted molar refractivity (Wildman–Crippen MR) is 151 cm³/mol. The first kappa shape index (κ1) is 28.4. The summed E-state index contributed by atoms with van der Waals surface area (Å²) in [4.78, 5) is 48.5. The normalized spacial score (nSPS) is 18.6. The number of nitrogens with one attached hydrogen (secondary N) is 2. The number of carbonyl (C=O) groups is 3. The summed E-state index contributed by atoms with van der Waals surface area (Å²) in [5.74, 6) is -2.67. The number of aliphatic carboxylic acids is 1. The Bertz CT molecular complexity index is 1510. The summed E-state index contributed by atoms with van der Waals surface area (Å²) >= 11 is 9.88. The van der Waals surface area contributed by atoms with Crippen LogP contribution >= 0.6 is 58.6 Å². The second kappa shape index (κ2) is 11.7. The number of thioether (sulfide) groups is 2. The van der Waals surface area contributed by atoms with E-state index >= 15 is 0 Å². The predicted octanol–water partition coefficient (Wildman–Crippen LogP) is 0.589. The molecule has 2 aliphatic heterocycles. The molecular formula is C20H17N9O5S5. The molecule has 1 fully saturated rings. The first-order valence-corrected chi connectivity index (χ1v) is 14.6. The van der Waals surface area contributed by atoms with Gasteiger partial charge in [-0.05, 0) is 11.5 Å². The number of oxime groups is 1. The number of nitrogens with two attached hydrogens (primary N) is 2. The van der Waals surface area contributed by atoms with Crippen molar-refractivity contribution in [1.29, 1.82) is 10.7 Å². The number of anilines is 1. The molecule has 202 valence electrons. The van der Waals surface area contributed by atoms with Crippen molar-refractivity contribution in [3.63, 3.8) is 0 Å². The number of amides is 2. The average molecular weight is 624 g/mol. The molecule has 1 saturated heterocycles. The molecule has 2 aliphatic rings. The molecule has 19 heteroatoms. The van der Waals surface area contributed by atoms with Gasteiger partial charge in [0.05, 0.1) is 15.5 Å². The van der Waals surface area contributed by atoms with Crippen LogP contribution in [0.5, 0.6) is 0 Å². The Hall–Kier alpha value is -3.57. The smallest absolute Gasteiger partial charge is 0.353 e. The Morgan fingerprint density at radius 3 is 2.85 bits per heavy atom. The number of aromatic nitrogens is 2. The third-order valence-corrected chi connectivity index (χ3v) is 9.77. The summed E-state index contributed by atoms with van der Waals surface area (Å²) in [6.45, 7) is 0.